The van der Waals surface area contributed by atoms with E-state index in [0.29, 0.717) is 30.3 Å². The second kappa shape index (κ2) is 10.1. The molecule has 0 bridgehead atoms. The first-order chi connectivity index (χ1) is 15.7. The Kier molecular flexibility index (Phi) is 6.84. The Morgan fingerprint density at radius 2 is 2.00 bits per heavy atom. The van der Waals surface area contributed by atoms with Crippen molar-refractivity contribution in [3.05, 3.63) is 72.2 Å². The number of nitrogens with zero attached hydrogens (tertiary/aromatic N) is 3. The lowest BCUT2D eigenvalue weighted by Gasteiger charge is -2.20. The fourth-order valence-electron chi connectivity index (χ4n) is 4.22. The number of likely N-dealkylation sites (tertiary alicyclic amines) is 1. The summed E-state index contributed by atoms with van der Waals surface area (Å²) in [5, 5.41) is 7.46. The van der Waals surface area contributed by atoms with Crippen LogP contribution in [0.15, 0.2) is 60.9 Å². The van der Waals surface area contributed by atoms with Gasteiger partial charge in [-0.25, -0.2) is 9.78 Å². The maximum atomic E-state index is 12.5. The molecule has 0 saturated carbocycles. The van der Waals surface area contributed by atoms with Gasteiger partial charge in [0.15, 0.2) is 0 Å². The van der Waals surface area contributed by atoms with E-state index in [0.717, 1.165) is 48.9 Å². The van der Waals surface area contributed by atoms with Crippen LogP contribution in [0.1, 0.15) is 30.5 Å². The molecule has 3 heterocycles. The predicted molar refractivity (Wildman–Crippen MR) is 126 cm³/mol. The number of carbonyl (C=O) groups excluding carboxylic acids is 1. The van der Waals surface area contributed by atoms with Crippen molar-refractivity contribution in [2.75, 3.05) is 13.1 Å². The summed E-state index contributed by atoms with van der Waals surface area (Å²) in [6.07, 6.45) is 7.44. The lowest BCUT2D eigenvalue weighted by molar-refractivity contribution is 0.0970. The standard InChI is InChI=1S/C25H29N5O2/c26-15-21(16-27)22-8-9-24-23(28-22)11-14-30(24)17-19-7-4-12-29(13-10-19)25(31)32-18-20-5-2-1-3-6-20/h1-3,5-6,8-9,11,14-16,19,26H,4,7,10,12-13,17-18,27H2/b21-16+,26-15?. The number of fused-ring (bicyclic) bond motifs is 1. The Balaban J connectivity index is 1.35. The molecule has 166 valence electrons. The van der Waals surface area contributed by atoms with Crippen molar-refractivity contribution >= 4 is 28.9 Å². The highest BCUT2D eigenvalue weighted by Gasteiger charge is 2.22. The van der Waals surface area contributed by atoms with Crippen LogP contribution in [-0.2, 0) is 17.9 Å². The van der Waals surface area contributed by atoms with Gasteiger partial charge in [-0.15, -0.1) is 0 Å². The minimum absolute atomic E-state index is 0.229. The normalized spacial score (nSPS) is 17.2. The number of benzene rings is 1. The summed E-state index contributed by atoms with van der Waals surface area (Å²) in [6.45, 7) is 2.65. The number of aromatic nitrogens is 2. The van der Waals surface area contributed by atoms with Gasteiger partial charge in [-0.05, 0) is 48.9 Å². The fraction of sp³-hybridized carbons (Fsp3) is 0.320. The van der Waals surface area contributed by atoms with Crippen molar-refractivity contribution in [2.45, 2.75) is 32.4 Å². The molecule has 1 unspecified atom stereocenters. The smallest absolute Gasteiger partial charge is 0.410 e. The predicted octanol–water partition coefficient (Wildman–Crippen LogP) is 4.42. The molecule has 4 rings (SSSR count). The molecule has 32 heavy (non-hydrogen) atoms. The highest BCUT2D eigenvalue weighted by Crippen LogP contribution is 2.24. The van der Waals surface area contributed by atoms with Crippen LogP contribution in [0.4, 0.5) is 4.79 Å². The Morgan fingerprint density at radius 1 is 1.16 bits per heavy atom. The van der Waals surface area contributed by atoms with E-state index in [1.807, 2.05) is 53.4 Å². The van der Waals surface area contributed by atoms with Crippen molar-refractivity contribution in [3.63, 3.8) is 0 Å². The van der Waals surface area contributed by atoms with E-state index in [1.165, 1.54) is 12.4 Å². The quantitative estimate of drug-likeness (QED) is 0.565. The van der Waals surface area contributed by atoms with Crippen LogP contribution in [0.5, 0.6) is 0 Å². The number of nitrogens with one attached hydrogen (secondary N) is 1. The second-order valence-electron chi connectivity index (χ2n) is 8.16. The summed E-state index contributed by atoms with van der Waals surface area (Å²) in [4.78, 5) is 19.0. The Bertz CT molecular complexity index is 1110. The van der Waals surface area contributed by atoms with E-state index in [9.17, 15) is 4.79 Å². The van der Waals surface area contributed by atoms with Crippen molar-refractivity contribution in [2.24, 2.45) is 11.7 Å². The summed E-state index contributed by atoms with van der Waals surface area (Å²) >= 11 is 0. The van der Waals surface area contributed by atoms with E-state index >= 15 is 0 Å². The van der Waals surface area contributed by atoms with Gasteiger partial charge in [-0.3, -0.25) is 0 Å². The topological polar surface area (TPSA) is 97.2 Å². The number of pyridine rings is 1. The van der Waals surface area contributed by atoms with Gasteiger partial charge in [-0.2, -0.15) is 0 Å². The first kappa shape index (κ1) is 21.6. The van der Waals surface area contributed by atoms with Gasteiger partial charge >= 0.3 is 6.09 Å². The molecule has 3 N–H and O–H groups in total. The molecule has 3 aromatic rings. The largest absolute Gasteiger partial charge is 0.445 e. The van der Waals surface area contributed by atoms with Gasteiger partial charge in [0.25, 0.3) is 0 Å². The maximum absolute atomic E-state index is 12.5. The highest BCUT2D eigenvalue weighted by molar-refractivity contribution is 6.07. The molecule has 7 nitrogen and oxygen atoms in total. The van der Waals surface area contributed by atoms with Gasteiger partial charge in [-0.1, -0.05) is 30.3 Å². The molecule has 1 amide bonds. The molecule has 1 saturated heterocycles. The lowest BCUT2D eigenvalue weighted by atomic mass is 10.0. The van der Waals surface area contributed by atoms with Crippen molar-refractivity contribution in [3.8, 4) is 0 Å². The molecule has 1 aliphatic rings. The zero-order valence-electron chi connectivity index (χ0n) is 18.1. The Hall–Kier alpha value is -3.61. The monoisotopic (exact) mass is 431 g/mol. The van der Waals surface area contributed by atoms with Gasteiger partial charge in [0.05, 0.1) is 16.7 Å². The minimum Gasteiger partial charge on any atom is -0.445 e. The summed E-state index contributed by atoms with van der Waals surface area (Å²) in [5.74, 6) is 0.485. The van der Waals surface area contributed by atoms with E-state index in [4.69, 9.17) is 15.9 Å². The molecule has 1 atom stereocenters. The van der Waals surface area contributed by atoms with Crippen molar-refractivity contribution < 1.29 is 9.53 Å². The molecule has 0 radical (unpaired) electrons. The van der Waals surface area contributed by atoms with Crippen LogP contribution >= 0.6 is 0 Å². The number of nitrogens with two attached hydrogens (primary N) is 1. The summed E-state index contributed by atoms with van der Waals surface area (Å²) in [7, 11) is 0. The third kappa shape index (κ3) is 4.99. The fourth-order valence-corrected chi connectivity index (χ4v) is 4.22. The molecule has 2 aromatic heterocycles. The molecule has 7 heteroatoms. The Morgan fingerprint density at radius 3 is 2.78 bits per heavy atom. The molecular formula is C25H29N5O2. The van der Waals surface area contributed by atoms with Gasteiger partial charge in [0, 0.05) is 43.8 Å². The summed E-state index contributed by atoms with van der Waals surface area (Å²) in [5.41, 5.74) is 9.85. The highest BCUT2D eigenvalue weighted by atomic mass is 16.6. The number of hydrogen-bond acceptors (Lipinski definition) is 5. The van der Waals surface area contributed by atoms with Crippen LogP contribution in [-0.4, -0.2) is 39.8 Å². The molecule has 0 aliphatic carbocycles. The van der Waals surface area contributed by atoms with Gasteiger partial charge in [0.2, 0.25) is 0 Å². The number of rotatable bonds is 6. The molecule has 1 aliphatic heterocycles. The van der Waals surface area contributed by atoms with E-state index in [1.54, 1.807) is 0 Å². The van der Waals surface area contributed by atoms with Crippen LogP contribution < -0.4 is 5.73 Å². The number of carbonyl (C=O) groups is 1. The third-order valence-corrected chi connectivity index (χ3v) is 6.02. The van der Waals surface area contributed by atoms with Crippen LogP contribution in [0.3, 0.4) is 0 Å². The van der Waals surface area contributed by atoms with Crippen LogP contribution in [0.25, 0.3) is 16.6 Å². The first-order valence-corrected chi connectivity index (χ1v) is 11.0. The number of allylic oxidation sites excluding steroid dienone is 1. The average molecular weight is 432 g/mol. The van der Waals surface area contributed by atoms with Gasteiger partial charge < -0.3 is 25.3 Å². The second-order valence-corrected chi connectivity index (χ2v) is 8.16. The van der Waals surface area contributed by atoms with Crippen molar-refractivity contribution in [1.82, 2.24) is 14.5 Å². The maximum Gasteiger partial charge on any atom is 0.410 e. The van der Waals surface area contributed by atoms with Crippen LogP contribution in [0, 0.1) is 11.3 Å². The number of amides is 1. The molecule has 0 spiro atoms. The van der Waals surface area contributed by atoms with Crippen LogP contribution in [0.2, 0.25) is 0 Å². The minimum atomic E-state index is -0.229. The number of ether oxygens (including phenoxy) is 1. The number of hydrogen-bond donors (Lipinski definition) is 2. The van der Waals surface area contributed by atoms with E-state index < -0.39 is 0 Å². The zero-order valence-corrected chi connectivity index (χ0v) is 18.1. The molecule has 1 fully saturated rings. The average Bonchev–Trinajstić information content (AvgIpc) is 3.07. The third-order valence-electron chi connectivity index (χ3n) is 6.02. The lowest BCUT2D eigenvalue weighted by Crippen LogP contribution is -2.32. The molecule has 1 aromatic carbocycles. The van der Waals surface area contributed by atoms with E-state index in [-0.39, 0.29) is 6.09 Å². The SMILES string of the molecule is N=C/C(=C\N)c1ccc2c(ccn2CC2CCCN(C(=O)OCc3ccccc3)CC2)n1. The van der Waals surface area contributed by atoms with Gasteiger partial charge in [0.1, 0.15) is 6.61 Å². The Labute approximate surface area is 188 Å². The molecular weight excluding hydrogens is 402 g/mol. The summed E-state index contributed by atoms with van der Waals surface area (Å²) < 4.78 is 7.75. The van der Waals surface area contributed by atoms with Crippen molar-refractivity contribution in [1.29, 1.82) is 5.41 Å². The van der Waals surface area contributed by atoms with E-state index in [2.05, 4.69) is 15.7 Å². The zero-order chi connectivity index (χ0) is 22.3. The summed E-state index contributed by atoms with van der Waals surface area (Å²) in [6, 6.07) is 15.7. The first-order valence-electron chi connectivity index (χ1n) is 11.0.